The number of nitrogen functional groups attached to an aromatic ring is 1. The van der Waals surface area contributed by atoms with Crippen LogP contribution in [-0.2, 0) is 4.74 Å². The second-order valence-electron chi connectivity index (χ2n) is 4.17. The number of rotatable bonds is 2. The molecule has 0 atom stereocenters. The number of benzene rings is 1. The molecule has 2 aromatic rings. The average molecular weight is 275 g/mol. The van der Waals surface area contributed by atoms with E-state index in [9.17, 15) is 4.79 Å². The first kappa shape index (κ1) is 12.3. The van der Waals surface area contributed by atoms with Crippen LogP contribution in [0.15, 0.2) is 24.4 Å². The Morgan fingerprint density at radius 3 is 2.85 bits per heavy atom. The topological polar surface area (TPSA) is 88.6 Å². The largest absolute Gasteiger partial charge is 0.486 e. The first-order valence-electron chi connectivity index (χ1n) is 6.02. The summed E-state index contributed by atoms with van der Waals surface area (Å²) in [5.74, 6) is 1.00. The summed E-state index contributed by atoms with van der Waals surface area (Å²) in [5.41, 5.74) is 6.82. The lowest BCUT2D eigenvalue weighted by atomic mass is 10.2. The lowest BCUT2D eigenvalue weighted by Crippen LogP contribution is -2.15. The van der Waals surface area contributed by atoms with Gasteiger partial charge in [-0.15, -0.1) is 0 Å². The molecule has 0 aliphatic carbocycles. The molecular weight excluding hydrogens is 262 g/mol. The van der Waals surface area contributed by atoms with Gasteiger partial charge in [-0.2, -0.15) is 5.10 Å². The Labute approximate surface area is 114 Å². The minimum Gasteiger partial charge on any atom is -0.486 e. The van der Waals surface area contributed by atoms with Crippen molar-refractivity contribution in [2.45, 2.75) is 0 Å². The molecular formula is C13H13N3O4. The second kappa shape index (κ2) is 4.76. The van der Waals surface area contributed by atoms with Gasteiger partial charge in [0, 0.05) is 6.07 Å². The number of nitrogens with two attached hydrogens (primary N) is 1. The van der Waals surface area contributed by atoms with Crippen LogP contribution in [0.4, 0.5) is 5.82 Å². The fraction of sp³-hybridized carbons (Fsp3) is 0.231. The van der Waals surface area contributed by atoms with Crippen LogP contribution < -0.4 is 15.2 Å². The van der Waals surface area contributed by atoms with E-state index >= 15 is 0 Å². The van der Waals surface area contributed by atoms with Gasteiger partial charge in [-0.25, -0.2) is 9.48 Å². The van der Waals surface area contributed by atoms with Crippen molar-refractivity contribution < 1.29 is 19.0 Å². The predicted molar refractivity (Wildman–Crippen MR) is 70.3 cm³/mol. The molecule has 0 spiro atoms. The maximum Gasteiger partial charge on any atom is 0.343 e. The maximum atomic E-state index is 11.5. The van der Waals surface area contributed by atoms with Crippen LogP contribution in [0.2, 0.25) is 0 Å². The molecule has 1 aliphatic rings. The number of carbonyl (C=O) groups is 1. The molecule has 2 N–H and O–H groups in total. The van der Waals surface area contributed by atoms with Crippen LogP contribution in [-0.4, -0.2) is 36.1 Å². The van der Waals surface area contributed by atoms with Crippen molar-refractivity contribution in [2.24, 2.45) is 0 Å². The number of methoxy groups -OCH3 is 1. The number of hydrogen-bond donors (Lipinski definition) is 1. The molecule has 20 heavy (non-hydrogen) atoms. The summed E-state index contributed by atoms with van der Waals surface area (Å²) in [6, 6.07) is 5.33. The van der Waals surface area contributed by atoms with E-state index in [0.29, 0.717) is 30.4 Å². The Hall–Kier alpha value is -2.70. The van der Waals surface area contributed by atoms with Crippen molar-refractivity contribution in [1.82, 2.24) is 9.78 Å². The Bertz CT molecular complexity index is 666. The number of esters is 1. The van der Waals surface area contributed by atoms with Crippen LogP contribution >= 0.6 is 0 Å². The first-order valence-corrected chi connectivity index (χ1v) is 6.02. The summed E-state index contributed by atoms with van der Waals surface area (Å²) in [6.45, 7) is 1.03. The Balaban J connectivity index is 2.01. The number of carbonyl (C=O) groups excluding carboxylic acids is 1. The van der Waals surface area contributed by atoms with Gasteiger partial charge in [0.1, 0.15) is 24.6 Å². The SMILES string of the molecule is COC(=O)c1cnn(-c2ccc3c(c2)OCCO3)c1N. The van der Waals surface area contributed by atoms with E-state index in [2.05, 4.69) is 9.84 Å². The highest BCUT2D eigenvalue weighted by molar-refractivity contribution is 5.94. The van der Waals surface area contributed by atoms with Gasteiger partial charge in [0.05, 0.1) is 19.0 Å². The zero-order valence-corrected chi connectivity index (χ0v) is 10.8. The van der Waals surface area contributed by atoms with Gasteiger partial charge >= 0.3 is 5.97 Å². The van der Waals surface area contributed by atoms with Crippen molar-refractivity contribution in [1.29, 1.82) is 0 Å². The molecule has 0 saturated carbocycles. The highest BCUT2D eigenvalue weighted by atomic mass is 16.6. The minimum absolute atomic E-state index is 0.216. The summed E-state index contributed by atoms with van der Waals surface area (Å²) >= 11 is 0. The van der Waals surface area contributed by atoms with E-state index in [-0.39, 0.29) is 11.4 Å². The molecule has 0 saturated heterocycles. The van der Waals surface area contributed by atoms with Crippen molar-refractivity contribution in [3.63, 3.8) is 0 Å². The molecule has 1 aromatic carbocycles. The lowest BCUT2D eigenvalue weighted by Gasteiger charge is -2.19. The van der Waals surface area contributed by atoms with Gasteiger partial charge in [0.25, 0.3) is 0 Å². The monoisotopic (exact) mass is 275 g/mol. The average Bonchev–Trinajstić information content (AvgIpc) is 2.87. The first-order chi connectivity index (χ1) is 9.70. The van der Waals surface area contributed by atoms with Crippen LogP contribution in [0.5, 0.6) is 11.5 Å². The van der Waals surface area contributed by atoms with Crippen molar-refractivity contribution in [3.05, 3.63) is 30.0 Å². The standard InChI is InChI=1S/C13H13N3O4/c1-18-13(17)9-7-15-16(12(9)14)8-2-3-10-11(6-8)20-5-4-19-10/h2-3,6-7H,4-5,14H2,1H3. The minimum atomic E-state index is -0.522. The van der Waals surface area contributed by atoms with Gasteiger partial charge < -0.3 is 19.9 Å². The Morgan fingerprint density at radius 2 is 2.10 bits per heavy atom. The van der Waals surface area contributed by atoms with Gasteiger partial charge in [0.2, 0.25) is 0 Å². The highest BCUT2D eigenvalue weighted by Gasteiger charge is 2.18. The predicted octanol–water partition coefficient (Wildman–Crippen LogP) is 1.01. The van der Waals surface area contributed by atoms with Crippen LogP contribution in [0.1, 0.15) is 10.4 Å². The summed E-state index contributed by atoms with van der Waals surface area (Å²) in [6.07, 6.45) is 1.37. The fourth-order valence-corrected chi connectivity index (χ4v) is 1.99. The van der Waals surface area contributed by atoms with Crippen LogP contribution in [0.25, 0.3) is 5.69 Å². The van der Waals surface area contributed by atoms with Crippen molar-refractivity contribution >= 4 is 11.8 Å². The van der Waals surface area contributed by atoms with Crippen LogP contribution in [0, 0.1) is 0 Å². The zero-order valence-electron chi connectivity index (χ0n) is 10.8. The molecule has 104 valence electrons. The van der Waals surface area contributed by atoms with E-state index in [1.807, 2.05) is 0 Å². The molecule has 0 bridgehead atoms. The number of nitrogens with zero attached hydrogens (tertiary/aromatic N) is 2. The highest BCUT2D eigenvalue weighted by Crippen LogP contribution is 2.32. The van der Waals surface area contributed by atoms with Gasteiger partial charge in [-0.05, 0) is 12.1 Å². The molecule has 1 aliphatic heterocycles. The molecule has 1 aromatic heterocycles. The molecule has 0 unspecified atom stereocenters. The molecule has 0 radical (unpaired) electrons. The van der Waals surface area contributed by atoms with Crippen molar-refractivity contribution in [2.75, 3.05) is 26.1 Å². The van der Waals surface area contributed by atoms with E-state index < -0.39 is 5.97 Å². The van der Waals surface area contributed by atoms with E-state index in [4.69, 9.17) is 15.2 Å². The number of aromatic nitrogens is 2. The molecule has 0 amide bonds. The molecule has 7 nitrogen and oxygen atoms in total. The number of anilines is 1. The lowest BCUT2D eigenvalue weighted by molar-refractivity contribution is 0.0602. The number of hydrogen-bond acceptors (Lipinski definition) is 6. The van der Waals surface area contributed by atoms with Gasteiger partial charge in [0.15, 0.2) is 11.5 Å². The van der Waals surface area contributed by atoms with Crippen LogP contribution in [0.3, 0.4) is 0 Å². The third-order valence-corrected chi connectivity index (χ3v) is 2.98. The van der Waals surface area contributed by atoms with Crippen molar-refractivity contribution in [3.8, 4) is 17.2 Å². The molecule has 3 rings (SSSR count). The third-order valence-electron chi connectivity index (χ3n) is 2.98. The van der Waals surface area contributed by atoms with E-state index in [1.165, 1.54) is 18.0 Å². The van der Waals surface area contributed by atoms with E-state index in [1.54, 1.807) is 18.2 Å². The number of ether oxygens (including phenoxy) is 3. The summed E-state index contributed by atoms with van der Waals surface area (Å²) in [4.78, 5) is 11.5. The molecule has 2 heterocycles. The van der Waals surface area contributed by atoms with Gasteiger partial charge in [-0.3, -0.25) is 0 Å². The summed E-state index contributed by atoms with van der Waals surface area (Å²) in [5, 5.41) is 4.10. The third kappa shape index (κ3) is 1.93. The Morgan fingerprint density at radius 1 is 1.35 bits per heavy atom. The number of fused-ring (bicyclic) bond motifs is 1. The summed E-state index contributed by atoms with van der Waals surface area (Å²) < 4.78 is 17.0. The molecule has 7 heteroatoms. The zero-order chi connectivity index (χ0) is 14.1. The summed E-state index contributed by atoms with van der Waals surface area (Å²) in [7, 11) is 1.29. The fourth-order valence-electron chi connectivity index (χ4n) is 1.99. The quantitative estimate of drug-likeness (QED) is 0.823. The molecule has 0 fully saturated rings. The maximum absolute atomic E-state index is 11.5. The second-order valence-corrected chi connectivity index (χ2v) is 4.17. The Kier molecular flexibility index (Phi) is 2.94. The van der Waals surface area contributed by atoms with Gasteiger partial charge in [-0.1, -0.05) is 0 Å². The smallest absolute Gasteiger partial charge is 0.343 e. The normalized spacial score (nSPS) is 13.1. The van der Waals surface area contributed by atoms with E-state index in [0.717, 1.165) is 0 Å².